The first-order valence-electron chi connectivity index (χ1n) is 8.58. The second kappa shape index (κ2) is 9.17. The van der Waals surface area contributed by atoms with Gasteiger partial charge in [-0.2, -0.15) is 0 Å². The number of carbonyl (C=O) groups excluding carboxylic acids is 2. The molecule has 0 unspecified atom stereocenters. The minimum absolute atomic E-state index is 0.308. The van der Waals surface area contributed by atoms with Gasteiger partial charge in [0.25, 0.3) is 5.91 Å². The van der Waals surface area contributed by atoms with Crippen LogP contribution in [-0.4, -0.2) is 23.4 Å². The fraction of sp³-hybridized carbons (Fsp3) is 0.0909. The van der Waals surface area contributed by atoms with Crippen molar-refractivity contribution in [2.45, 2.75) is 6.61 Å². The van der Waals surface area contributed by atoms with Crippen LogP contribution in [0.3, 0.4) is 0 Å². The molecule has 0 saturated heterocycles. The third-order valence-electron chi connectivity index (χ3n) is 4.02. The van der Waals surface area contributed by atoms with Gasteiger partial charge in [-0.25, -0.2) is 0 Å². The highest BCUT2D eigenvalue weighted by atomic mass is 35.5. The smallest absolute Gasteiger partial charge is 0.255 e. The molecular weight excluding hydrogens is 378 g/mol. The van der Waals surface area contributed by atoms with Gasteiger partial charge in [0.05, 0.1) is 0 Å². The molecule has 0 bridgehead atoms. The van der Waals surface area contributed by atoms with E-state index in [0.29, 0.717) is 34.2 Å². The zero-order valence-electron chi connectivity index (χ0n) is 14.9. The van der Waals surface area contributed by atoms with Crippen molar-refractivity contribution in [1.82, 2.24) is 0 Å². The number of ketones is 1. The summed E-state index contributed by atoms with van der Waals surface area (Å²) in [5.41, 5.74) is 2.26. The Labute approximate surface area is 167 Å². The molecule has 3 rings (SSSR count). The van der Waals surface area contributed by atoms with Crippen LogP contribution in [0.25, 0.3) is 0 Å². The van der Waals surface area contributed by atoms with Crippen LogP contribution in [0.2, 0.25) is 5.02 Å². The predicted octanol–water partition coefficient (Wildman–Crippen LogP) is 4.35. The van der Waals surface area contributed by atoms with E-state index in [9.17, 15) is 9.59 Å². The molecule has 0 aromatic heterocycles. The number of ether oxygens (including phenoxy) is 1. The summed E-state index contributed by atoms with van der Waals surface area (Å²) in [5.74, 6) is -0.0711. The summed E-state index contributed by atoms with van der Waals surface area (Å²) in [5, 5.41) is 12.3. The third-order valence-corrected chi connectivity index (χ3v) is 4.27. The van der Waals surface area contributed by atoms with Crippen LogP contribution < -0.4 is 10.1 Å². The van der Waals surface area contributed by atoms with Gasteiger partial charge in [-0.15, -0.1) is 0 Å². The first kappa shape index (κ1) is 19.6. The molecule has 5 nitrogen and oxygen atoms in total. The number of benzene rings is 3. The number of rotatable bonds is 7. The van der Waals surface area contributed by atoms with Crippen LogP contribution in [0.5, 0.6) is 5.75 Å². The van der Waals surface area contributed by atoms with Crippen molar-refractivity contribution in [2.24, 2.45) is 0 Å². The Kier molecular flexibility index (Phi) is 6.42. The fourth-order valence-electron chi connectivity index (χ4n) is 2.51. The largest absolute Gasteiger partial charge is 0.489 e. The van der Waals surface area contributed by atoms with Gasteiger partial charge in [-0.1, -0.05) is 35.9 Å². The van der Waals surface area contributed by atoms with E-state index in [-0.39, 0.29) is 5.91 Å². The zero-order chi connectivity index (χ0) is 19.9. The number of amides is 1. The maximum absolute atomic E-state index is 12.4. The van der Waals surface area contributed by atoms with Crippen LogP contribution in [0, 0.1) is 0 Å². The van der Waals surface area contributed by atoms with Crippen molar-refractivity contribution >= 4 is 29.0 Å². The number of aliphatic hydroxyl groups is 1. The van der Waals surface area contributed by atoms with Gasteiger partial charge < -0.3 is 15.2 Å². The van der Waals surface area contributed by atoms with Crippen LogP contribution >= 0.6 is 11.6 Å². The number of carbonyl (C=O) groups is 2. The van der Waals surface area contributed by atoms with Crippen LogP contribution in [-0.2, 0) is 6.61 Å². The van der Waals surface area contributed by atoms with E-state index in [2.05, 4.69) is 5.32 Å². The van der Waals surface area contributed by atoms with E-state index in [1.807, 2.05) is 12.1 Å². The van der Waals surface area contributed by atoms with Crippen molar-refractivity contribution in [3.63, 3.8) is 0 Å². The first-order chi connectivity index (χ1) is 13.5. The van der Waals surface area contributed by atoms with Crippen molar-refractivity contribution in [3.05, 3.63) is 94.5 Å². The molecule has 3 aromatic rings. The Bertz CT molecular complexity index is 969. The maximum atomic E-state index is 12.4. The molecule has 0 aliphatic carbocycles. The van der Waals surface area contributed by atoms with Crippen molar-refractivity contribution < 1.29 is 19.4 Å². The average Bonchev–Trinajstić information content (AvgIpc) is 2.73. The lowest BCUT2D eigenvalue weighted by atomic mass is 10.1. The van der Waals surface area contributed by atoms with Gasteiger partial charge in [-0.05, 0) is 54.1 Å². The molecule has 0 fully saturated rings. The summed E-state index contributed by atoms with van der Waals surface area (Å²) in [6.07, 6.45) is 0. The predicted molar refractivity (Wildman–Crippen MR) is 108 cm³/mol. The highest BCUT2D eigenvalue weighted by Crippen LogP contribution is 2.17. The molecular formula is C22H18ClNO4. The number of Topliss-reactive ketones (excluding diaryl/α,β-unsaturated/α-hetero) is 1. The molecule has 0 atom stereocenters. The molecule has 6 heteroatoms. The van der Waals surface area contributed by atoms with E-state index >= 15 is 0 Å². The number of aliphatic hydroxyl groups excluding tert-OH is 1. The lowest BCUT2D eigenvalue weighted by molar-refractivity contribution is 0.0903. The molecule has 0 saturated carbocycles. The minimum atomic E-state index is -0.575. The Morgan fingerprint density at radius 2 is 1.64 bits per heavy atom. The third kappa shape index (κ3) is 5.19. The Morgan fingerprint density at radius 1 is 0.929 bits per heavy atom. The second-order valence-corrected chi connectivity index (χ2v) is 6.49. The van der Waals surface area contributed by atoms with Gasteiger partial charge >= 0.3 is 0 Å². The molecule has 142 valence electrons. The molecule has 0 aliphatic rings. The van der Waals surface area contributed by atoms with Crippen molar-refractivity contribution in [3.8, 4) is 5.75 Å². The van der Waals surface area contributed by atoms with Crippen molar-refractivity contribution in [2.75, 3.05) is 11.9 Å². The summed E-state index contributed by atoms with van der Waals surface area (Å²) in [7, 11) is 0. The van der Waals surface area contributed by atoms with E-state index in [4.69, 9.17) is 21.4 Å². The van der Waals surface area contributed by atoms with E-state index in [1.165, 1.54) is 6.07 Å². The summed E-state index contributed by atoms with van der Waals surface area (Å²) in [4.78, 5) is 23.9. The Hall–Kier alpha value is -3.15. The van der Waals surface area contributed by atoms with Crippen LogP contribution in [0.4, 0.5) is 5.69 Å². The monoisotopic (exact) mass is 395 g/mol. The van der Waals surface area contributed by atoms with Gasteiger partial charge in [0, 0.05) is 21.8 Å². The molecule has 0 aliphatic heterocycles. The lowest BCUT2D eigenvalue weighted by Gasteiger charge is -2.09. The zero-order valence-corrected chi connectivity index (χ0v) is 15.6. The molecule has 1 amide bonds. The summed E-state index contributed by atoms with van der Waals surface area (Å²) in [6, 6.07) is 20.6. The van der Waals surface area contributed by atoms with Crippen LogP contribution in [0.15, 0.2) is 72.8 Å². The molecule has 3 aromatic carbocycles. The SMILES string of the molecule is O=C(CO)c1cccc(NC(=O)c2ccc(OCc3ccc(Cl)cc3)cc2)c1. The normalized spacial score (nSPS) is 10.4. The first-order valence-corrected chi connectivity index (χ1v) is 8.96. The Morgan fingerprint density at radius 3 is 2.32 bits per heavy atom. The molecule has 0 radical (unpaired) electrons. The standard InChI is InChI=1S/C22H18ClNO4/c23-18-8-4-15(5-9-18)14-28-20-10-6-16(7-11-20)22(27)24-19-3-1-2-17(12-19)21(26)13-25/h1-12,25H,13-14H2,(H,24,27). The minimum Gasteiger partial charge on any atom is -0.489 e. The maximum Gasteiger partial charge on any atom is 0.255 e. The summed E-state index contributed by atoms with van der Waals surface area (Å²) in [6.45, 7) is -0.177. The summed E-state index contributed by atoms with van der Waals surface area (Å²) < 4.78 is 5.70. The highest BCUT2D eigenvalue weighted by molar-refractivity contribution is 6.30. The second-order valence-electron chi connectivity index (χ2n) is 6.06. The number of anilines is 1. The van der Waals surface area contributed by atoms with E-state index in [1.54, 1.807) is 54.6 Å². The Balaban J connectivity index is 1.60. The van der Waals surface area contributed by atoms with Gasteiger partial charge in [0.15, 0.2) is 5.78 Å². The highest BCUT2D eigenvalue weighted by Gasteiger charge is 2.09. The number of halogens is 1. The molecule has 0 heterocycles. The van der Waals surface area contributed by atoms with Gasteiger partial charge in [-0.3, -0.25) is 9.59 Å². The van der Waals surface area contributed by atoms with Crippen molar-refractivity contribution in [1.29, 1.82) is 0 Å². The number of nitrogens with one attached hydrogen (secondary N) is 1. The fourth-order valence-corrected chi connectivity index (χ4v) is 2.64. The van der Waals surface area contributed by atoms with E-state index < -0.39 is 12.4 Å². The molecule has 2 N–H and O–H groups in total. The topological polar surface area (TPSA) is 75.6 Å². The number of hydrogen-bond acceptors (Lipinski definition) is 4. The number of hydrogen-bond donors (Lipinski definition) is 2. The van der Waals surface area contributed by atoms with E-state index in [0.717, 1.165) is 5.56 Å². The molecule has 0 spiro atoms. The quantitative estimate of drug-likeness (QED) is 0.583. The van der Waals surface area contributed by atoms with Crippen LogP contribution in [0.1, 0.15) is 26.3 Å². The summed E-state index contributed by atoms with van der Waals surface area (Å²) >= 11 is 5.86. The average molecular weight is 396 g/mol. The molecule has 28 heavy (non-hydrogen) atoms. The lowest BCUT2D eigenvalue weighted by Crippen LogP contribution is -2.12. The van der Waals surface area contributed by atoms with Gasteiger partial charge in [0.1, 0.15) is 19.0 Å². The van der Waals surface area contributed by atoms with Gasteiger partial charge in [0.2, 0.25) is 0 Å².